The van der Waals surface area contributed by atoms with E-state index in [9.17, 15) is 9.59 Å². The van der Waals surface area contributed by atoms with E-state index in [2.05, 4.69) is 43.9 Å². The molecule has 0 saturated carbocycles. The van der Waals surface area contributed by atoms with Gasteiger partial charge in [0.05, 0.1) is 10.6 Å². The van der Waals surface area contributed by atoms with E-state index in [1.54, 1.807) is 0 Å². The van der Waals surface area contributed by atoms with Crippen LogP contribution in [0, 0.1) is 6.92 Å². The number of benzene rings is 3. The van der Waals surface area contributed by atoms with Gasteiger partial charge in [-0.05, 0) is 59.4 Å². The fraction of sp³-hybridized carbons (Fsp3) is 0.259. The molecule has 1 heterocycles. The zero-order valence-corrected chi connectivity index (χ0v) is 23.1. The molecular weight excluding hydrogens is 595 g/mol. The number of hydrogen-bond acceptors (Lipinski definition) is 5. The molecule has 0 saturated heterocycles. The molecule has 0 bridgehead atoms. The van der Waals surface area contributed by atoms with Crippen LogP contribution in [0.4, 0.5) is 0 Å². The molecule has 1 N–H and O–H groups in total. The van der Waals surface area contributed by atoms with Crippen molar-refractivity contribution >= 4 is 59.0 Å². The highest BCUT2D eigenvalue weighted by molar-refractivity contribution is 14.1. The zero-order chi connectivity index (χ0) is 24.9. The number of hydrogen-bond donors (Lipinski definition) is 2. The Morgan fingerprint density at radius 1 is 1.14 bits per heavy atom. The predicted octanol–water partition coefficient (Wildman–Crippen LogP) is 5.73. The molecule has 5 nitrogen and oxygen atoms in total. The third kappa shape index (κ3) is 6.58. The number of ether oxygens (including phenoxy) is 1. The molecule has 0 spiro atoms. The fourth-order valence-electron chi connectivity index (χ4n) is 4.32. The Morgan fingerprint density at radius 2 is 1.89 bits per heavy atom. The van der Waals surface area contributed by atoms with Gasteiger partial charge in [-0.25, -0.2) is 7.91 Å². The molecule has 1 atom stereocenters. The Hall–Kier alpha value is -2.07. The van der Waals surface area contributed by atoms with Crippen molar-refractivity contribution in [1.82, 2.24) is 8.43 Å². The van der Waals surface area contributed by atoms with Gasteiger partial charge in [0.25, 0.3) is 5.91 Å². The highest BCUT2D eigenvalue weighted by Gasteiger charge is 2.28. The first-order chi connectivity index (χ1) is 16.8. The minimum absolute atomic E-state index is 0.129. The molecule has 1 amide bonds. The van der Waals surface area contributed by atoms with Crippen LogP contribution in [-0.2, 0) is 35.5 Å². The number of nitrogens with one attached hydrogen (secondary N) is 1. The summed E-state index contributed by atoms with van der Waals surface area (Å²) in [6, 6.07) is 18.0. The smallest absolute Gasteiger partial charge is 0.329 e. The highest BCUT2D eigenvalue weighted by Crippen LogP contribution is 2.31. The average Bonchev–Trinajstić information content (AvgIpc) is 2.82. The van der Waals surface area contributed by atoms with Crippen LogP contribution < -0.4 is 5.32 Å². The average molecular weight is 621 g/mol. The van der Waals surface area contributed by atoms with E-state index in [1.807, 2.05) is 67.6 Å². The van der Waals surface area contributed by atoms with Gasteiger partial charge in [0.15, 0.2) is 0 Å². The summed E-state index contributed by atoms with van der Waals surface area (Å²) >= 11 is 13.3. The van der Waals surface area contributed by atoms with Gasteiger partial charge in [0, 0.05) is 47.3 Å². The van der Waals surface area contributed by atoms with E-state index >= 15 is 0 Å². The van der Waals surface area contributed by atoms with Crippen LogP contribution in [0.1, 0.15) is 38.2 Å². The number of carbonyl (C=O) groups excluding carboxylic acids is 2. The van der Waals surface area contributed by atoms with Gasteiger partial charge in [-0.15, -0.1) is 12.6 Å². The second-order valence-corrected chi connectivity index (χ2v) is 10.9. The Bertz CT molecular complexity index is 1240. The molecule has 1 aliphatic rings. The number of carbonyl (C=O) groups is 2. The van der Waals surface area contributed by atoms with Crippen molar-refractivity contribution < 1.29 is 14.3 Å². The van der Waals surface area contributed by atoms with Crippen molar-refractivity contribution in [2.24, 2.45) is 0 Å². The van der Waals surface area contributed by atoms with Crippen molar-refractivity contribution in [3.8, 4) is 0 Å². The van der Waals surface area contributed by atoms with Gasteiger partial charge >= 0.3 is 5.97 Å². The molecule has 3 aromatic rings. The summed E-state index contributed by atoms with van der Waals surface area (Å²) in [5, 5.41) is 3.29. The molecule has 35 heavy (non-hydrogen) atoms. The Morgan fingerprint density at radius 3 is 2.63 bits per heavy atom. The van der Waals surface area contributed by atoms with Crippen LogP contribution in [0.3, 0.4) is 0 Å². The van der Waals surface area contributed by atoms with Crippen LogP contribution in [0.25, 0.3) is 0 Å². The van der Waals surface area contributed by atoms with E-state index in [0.717, 1.165) is 52.2 Å². The van der Waals surface area contributed by atoms with E-state index in [0.29, 0.717) is 10.6 Å². The lowest BCUT2D eigenvalue weighted by Crippen LogP contribution is -2.43. The van der Waals surface area contributed by atoms with Crippen molar-refractivity contribution in [2.75, 3.05) is 6.54 Å². The maximum absolute atomic E-state index is 13.5. The summed E-state index contributed by atoms with van der Waals surface area (Å²) in [6.45, 7) is 3.75. The Labute approximate surface area is 230 Å². The minimum atomic E-state index is -0.877. The molecule has 0 unspecified atom stereocenters. The molecule has 0 aliphatic carbocycles. The molecule has 8 heteroatoms. The molecule has 3 aromatic carbocycles. The van der Waals surface area contributed by atoms with Crippen LogP contribution in [0.15, 0.2) is 65.6 Å². The molecular formula is C27H26ClIN2O3S. The summed E-state index contributed by atoms with van der Waals surface area (Å²) in [5.74, 6) is -0.880. The van der Waals surface area contributed by atoms with E-state index in [-0.39, 0.29) is 18.9 Å². The largest absolute Gasteiger partial charge is 0.459 e. The topological polar surface area (TPSA) is 58.6 Å². The summed E-state index contributed by atoms with van der Waals surface area (Å²) in [7, 11) is 0. The van der Waals surface area contributed by atoms with Crippen molar-refractivity contribution in [1.29, 1.82) is 0 Å². The Balaban J connectivity index is 1.57. The Kier molecular flexibility index (Phi) is 8.75. The number of esters is 1. The number of halogens is 2. The van der Waals surface area contributed by atoms with E-state index in [4.69, 9.17) is 16.3 Å². The molecule has 1 aliphatic heterocycles. The van der Waals surface area contributed by atoms with E-state index in [1.165, 1.54) is 0 Å². The number of thiol groups is 1. The zero-order valence-electron chi connectivity index (χ0n) is 19.3. The first-order valence-electron chi connectivity index (χ1n) is 11.3. The highest BCUT2D eigenvalue weighted by atomic mass is 127. The first kappa shape index (κ1) is 26.0. The normalized spacial score (nSPS) is 14.2. The second kappa shape index (κ2) is 11.8. The second-order valence-electron chi connectivity index (χ2n) is 8.58. The standard InChI is InChI=1S/C27H26ClIN2O3S/c1-17-22-10-11-31(29)15-20(22)14-23(28)25(17)26(32)30-24(13-19-8-5-9-21(35)12-19)27(33)34-16-18-6-3-2-4-7-18/h2-9,12,14,24,35H,10-11,13,15-16H2,1H3,(H,30,32)/t24-/m0/s1. The van der Waals surface area contributed by atoms with Crippen molar-refractivity contribution in [3.63, 3.8) is 0 Å². The van der Waals surface area contributed by atoms with Gasteiger partial charge in [0.2, 0.25) is 0 Å². The van der Waals surface area contributed by atoms with Crippen molar-refractivity contribution in [3.05, 3.63) is 99.1 Å². The van der Waals surface area contributed by atoms with Crippen LogP contribution in [0.5, 0.6) is 0 Å². The third-order valence-electron chi connectivity index (χ3n) is 6.09. The van der Waals surface area contributed by atoms with Gasteiger partial charge in [0.1, 0.15) is 12.6 Å². The summed E-state index contributed by atoms with van der Waals surface area (Å²) in [4.78, 5) is 27.3. The van der Waals surface area contributed by atoms with Gasteiger partial charge < -0.3 is 10.1 Å². The first-order valence-corrected chi connectivity index (χ1v) is 13.1. The summed E-state index contributed by atoms with van der Waals surface area (Å²) in [6.07, 6.45) is 1.12. The maximum Gasteiger partial charge on any atom is 0.329 e. The maximum atomic E-state index is 13.5. The molecule has 182 valence electrons. The fourth-order valence-corrected chi connectivity index (χ4v) is 5.54. The lowest BCUT2D eigenvalue weighted by atomic mass is 9.92. The molecule has 0 fully saturated rings. The van der Waals surface area contributed by atoms with Crippen LogP contribution in [-0.4, -0.2) is 27.6 Å². The molecule has 4 rings (SSSR count). The van der Waals surface area contributed by atoms with Gasteiger partial charge in [-0.1, -0.05) is 54.1 Å². The number of rotatable bonds is 7. The van der Waals surface area contributed by atoms with Gasteiger partial charge in [-0.2, -0.15) is 0 Å². The SMILES string of the molecule is Cc1c2c(cc(Cl)c1C(=O)N[C@@H](Cc1cccc(S)c1)C(=O)OCc1ccccc1)CN(I)CC2. The molecule has 0 radical (unpaired) electrons. The van der Waals surface area contributed by atoms with Crippen LogP contribution in [0.2, 0.25) is 5.02 Å². The monoisotopic (exact) mass is 620 g/mol. The molecule has 0 aromatic heterocycles. The van der Waals surface area contributed by atoms with Crippen molar-refractivity contribution in [2.45, 2.75) is 43.9 Å². The summed E-state index contributed by atoms with van der Waals surface area (Å²) in [5.41, 5.74) is 5.31. The lowest BCUT2D eigenvalue weighted by Gasteiger charge is -2.27. The number of amides is 1. The minimum Gasteiger partial charge on any atom is -0.459 e. The number of fused-ring (bicyclic) bond motifs is 1. The lowest BCUT2D eigenvalue weighted by molar-refractivity contribution is -0.147. The number of nitrogens with zero attached hydrogens (tertiary/aromatic N) is 1. The summed E-state index contributed by atoms with van der Waals surface area (Å²) < 4.78 is 7.78. The quantitative estimate of drug-likeness (QED) is 0.153. The third-order valence-corrected chi connectivity index (χ3v) is 7.49. The van der Waals surface area contributed by atoms with E-state index < -0.39 is 12.0 Å². The predicted molar refractivity (Wildman–Crippen MR) is 149 cm³/mol. The van der Waals surface area contributed by atoms with Crippen LogP contribution >= 0.6 is 47.1 Å². The van der Waals surface area contributed by atoms with Gasteiger partial charge in [-0.3, -0.25) is 4.79 Å².